The zero-order valence-electron chi connectivity index (χ0n) is 32.1. The Kier molecular flexibility index (Phi) is 7.54. The van der Waals surface area contributed by atoms with Crippen molar-refractivity contribution in [3.05, 3.63) is 218 Å². The monoisotopic (exact) mass is 752 g/mol. The average Bonchev–Trinajstić information content (AvgIpc) is 3.85. The van der Waals surface area contributed by atoms with Crippen LogP contribution in [-0.2, 0) is 0 Å². The maximum Gasteiger partial charge on any atom is 0.143 e. The number of hydrogen-bond acceptors (Lipinski definition) is 2. The van der Waals surface area contributed by atoms with Crippen LogP contribution in [0.2, 0.25) is 0 Å². The topological polar surface area (TPSA) is 21.3 Å². The molecule has 0 aliphatic carbocycles. The lowest BCUT2D eigenvalue weighted by atomic mass is 9.94. The molecule has 12 rings (SSSR count). The van der Waals surface area contributed by atoms with Crippen LogP contribution in [-0.4, -0.2) is 4.57 Å². The van der Waals surface area contributed by atoms with Gasteiger partial charge in [0.2, 0.25) is 0 Å². The Morgan fingerprint density at radius 2 is 0.949 bits per heavy atom. The summed E-state index contributed by atoms with van der Waals surface area (Å²) in [4.78, 5) is 2.37. The molecular formula is C56H36N2O. The maximum atomic E-state index is 6.83. The van der Waals surface area contributed by atoms with E-state index in [2.05, 4.69) is 222 Å². The summed E-state index contributed by atoms with van der Waals surface area (Å²) in [7, 11) is 0. The molecule has 0 saturated carbocycles. The van der Waals surface area contributed by atoms with E-state index >= 15 is 0 Å². The third-order valence-corrected chi connectivity index (χ3v) is 12.0. The molecule has 3 heteroatoms. The van der Waals surface area contributed by atoms with Crippen molar-refractivity contribution >= 4 is 82.4 Å². The van der Waals surface area contributed by atoms with Crippen LogP contribution in [0.3, 0.4) is 0 Å². The number of nitrogens with zero attached hydrogens (tertiary/aromatic N) is 2. The molecule has 59 heavy (non-hydrogen) atoms. The van der Waals surface area contributed by atoms with E-state index in [9.17, 15) is 0 Å². The minimum atomic E-state index is 0.869. The second-order valence-corrected chi connectivity index (χ2v) is 15.3. The van der Waals surface area contributed by atoms with E-state index < -0.39 is 0 Å². The molecule has 0 aliphatic rings. The van der Waals surface area contributed by atoms with Crippen molar-refractivity contribution in [3.63, 3.8) is 0 Å². The normalized spacial score (nSPS) is 11.7. The van der Waals surface area contributed by atoms with Gasteiger partial charge in [0.15, 0.2) is 0 Å². The van der Waals surface area contributed by atoms with Crippen LogP contribution >= 0.6 is 0 Å². The molecule has 0 fully saturated rings. The van der Waals surface area contributed by atoms with Gasteiger partial charge in [-0.05, 0) is 93.3 Å². The molecule has 0 unspecified atom stereocenters. The van der Waals surface area contributed by atoms with E-state index in [1.165, 1.54) is 54.5 Å². The molecule has 0 radical (unpaired) electrons. The molecule has 2 aromatic heterocycles. The summed E-state index contributed by atoms with van der Waals surface area (Å²) in [5, 5.41) is 9.68. The molecule has 0 aliphatic heterocycles. The van der Waals surface area contributed by atoms with Gasteiger partial charge in [-0.15, -0.1) is 0 Å². The predicted octanol–water partition coefficient (Wildman–Crippen LogP) is 15.8. The van der Waals surface area contributed by atoms with Gasteiger partial charge >= 0.3 is 0 Å². The zero-order chi connectivity index (χ0) is 38.9. The van der Waals surface area contributed by atoms with E-state index in [1.807, 2.05) is 6.07 Å². The highest BCUT2D eigenvalue weighted by molar-refractivity contribution is 6.14. The Bertz CT molecular complexity index is 3500. The molecule has 10 aromatic carbocycles. The zero-order valence-corrected chi connectivity index (χ0v) is 32.1. The van der Waals surface area contributed by atoms with Crippen LogP contribution in [0.15, 0.2) is 223 Å². The first kappa shape index (κ1) is 33.3. The van der Waals surface area contributed by atoms with Crippen molar-refractivity contribution in [1.82, 2.24) is 4.57 Å². The minimum Gasteiger partial charge on any atom is -0.455 e. The summed E-state index contributed by atoms with van der Waals surface area (Å²) in [6.45, 7) is 0. The quantitative estimate of drug-likeness (QED) is 0.158. The van der Waals surface area contributed by atoms with Crippen LogP contribution < -0.4 is 4.90 Å². The fourth-order valence-corrected chi connectivity index (χ4v) is 9.33. The average molecular weight is 753 g/mol. The van der Waals surface area contributed by atoms with Crippen LogP contribution in [0.4, 0.5) is 17.1 Å². The van der Waals surface area contributed by atoms with Crippen molar-refractivity contribution in [1.29, 1.82) is 0 Å². The van der Waals surface area contributed by atoms with E-state index in [-0.39, 0.29) is 0 Å². The largest absolute Gasteiger partial charge is 0.455 e. The molecule has 0 N–H and O–H groups in total. The number of hydrogen-bond donors (Lipinski definition) is 0. The highest BCUT2D eigenvalue weighted by Gasteiger charge is 2.23. The Morgan fingerprint density at radius 3 is 1.75 bits per heavy atom. The summed E-state index contributed by atoms with van der Waals surface area (Å²) in [6.07, 6.45) is 0. The standard InChI is InChI=1S/C56H36N2O/c1-2-16-39(17-3-1)57(40-32-29-38(30-33-40)43-23-14-24-44-42-18-5-4-15-37(42)31-34-45(43)44)41-35-50(56-51(36-41)49-22-9-13-28-55(49)59-56)48-21-8-12-27-54(48)58-52-25-10-6-19-46(52)47-20-7-11-26-53(47)58/h1-36H. The van der Waals surface area contributed by atoms with Gasteiger partial charge in [-0.1, -0.05) is 158 Å². The summed E-state index contributed by atoms with van der Waals surface area (Å²) in [5.74, 6) is 0. The van der Waals surface area contributed by atoms with Gasteiger partial charge in [0.25, 0.3) is 0 Å². The van der Waals surface area contributed by atoms with Crippen LogP contribution in [0.25, 0.3) is 93.2 Å². The third-order valence-electron chi connectivity index (χ3n) is 12.0. The van der Waals surface area contributed by atoms with Gasteiger partial charge in [0.05, 0.1) is 16.7 Å². The first-order valence-electron chi connectivity index (χ1n) is 20.2. The van der Waals surface area contributed by atoms with Crippen molar-refractivity contribution < 1.29 is 4.42 Å². The van der Waals surface area contributed by atoms with E-state index in [1.54, 1.807) is 0 Å². The summed E-state index contributed by atoms with van der Waals surface area (Å²) in [5.41, 5.74) is 12.9. The second-order valence-electron chi connectivity index (χ2n) is 15.3. The van der Waals surface area contributed by atoms with Gasteiger partial charge in [0.1, 0.15) is 11.2 Å². The highest BCUT2D eigenvalue weighted by Crippen LogP contribution is 2.46. The number of benzene rings is 10. The van der Waals surface area contributed by atoms with Crippen molar-refractivity contribution in [2.45, 2.75) is 0 Å². The molecule has 0 bridgehead atoms. The van der Waals surface area contributed by atoms with Gasteiger partial charge in [-0.3, -0.25) is 0 Å². The highest BCUT2D eigenvalue weighted by atomic mass is 16.3. The smallest absolute Gasteiger partial charge is 0.143 e. The number of rotatable bonds is 6. The molecule has 2 heterocycles. The first-order valence-corrected chi connectivity index (χ1v) is 20.2. The Morgan fingerprint density at radius 1 is 0.339 bits per heavy atom. The molecule has 276 valence electrons. The van der Waals surface area contributed by atoms with Crippen LogP contribution in [0.5, 0.6) is 0 Å². The number of furan rings is 1. The SMILES string of the molecule is c1ccc(N(c2ccc(-c3cccc4c3ccc3ccccc34)cc2)c2cc(-c3ccccc3-n3c4ccccc4c4ccccc43)c3oc4ccccc4c3c2)cc1. The third kappa shape index (κ3) is 5.29. The Labute approximate surface area is 341 Å². The number of anilines is 3. The van der Waals surface area contributed by atoms with Gasteiger partial charge in [-0.25, -0.2) is 0 Å². The van der Waals surface area contributed by atoms with E-state index in [0.29, 0.717) is 0 Å². The number of para-hydroxylation sites is 5. The molecule has 3 nitrogen and oxygen atoms in total. The molecular weight excluding hydrogens is 717 g/mol. The maximum absolute atomic E-state index is 6.83. The molecule has 0 spiro atoms. The molecule has 0 amide bonds. The van der Waals surface area contributed by atoms with Crippen molar-refractivity contribution in [2.75, 3.05) is 4.90 Å². The number of aromatic nitrogens is 1. The van der Waals surface area contributed by atoms with Gasteiger partial charge < -0.3 is 13.9 Å². The van der Waals surface area contributed by atoms with Crippen molar-refractivity contribution in [3.8, 4) is 27.9 Å². The summed E-state index contributed by atoms with van der Waals surface area (Å²) >= 11 is 0. The summed E-state index contributed by atoms with van der Waals surface area (Å²) in [6, 6.07) is 78.6. The fourth-order valence-electron chi connectivity index (χ4n) is 9.33. The molecule has 0 saturated heterocycles. The van der Waals surface area contributed by atoms with Gasteiger partial charge in [-0.2, -0.15) is 0 Å². The van der Waals surface area contributed by atoms with Gasteiger partial charge in [0, 0.05) is 49.7 Å². The van der Waals surface area contributed by atoms with Crippen LogP contribution in [0, 0.1) is 0 Å². The van der Waals surface area contributed by atoms with E-state index in [0.717, 1.165) is 55.8 Å². The predicted molar refractivity (Wildman–Crippen MR) is 249 cm³/mol. The Hall–Kier alpha value is -7.88. The fraction of sp³-hybridized carbons (Fsp3) is 0. The molecule has 0 atom stereocenters. The molecule has 12 aromatic rings. The lowest BCUT2D eigenvalue weighted by Crippen LogP contribution is -2.10. The number of fused-ring (bicyclic) bond motifs is 9. The lowest BCUT2D eigenvalue weighted by molar-refractivity contribution is 0.670. The Balaban J connectivity index is 1.08. The second kappa shape index (κ2) is 13.4. The van der Waals surface area contributed by atoms with Crippen LogP contribution in [0.1, 0.15) is 0 Å². The first-order chi connectivity index (χ1) is 29.3. The minimum absolute atomic E-state index is 0.869. The van der Waals surface area contributed by atoms with Crippen molar-refractivity contribution in [2.24, 2.45) is 0 Å². The van der Waals surface area contributed by atoms with E-state index in [4.69, 9.17) is 4.42 Å². The lowest BCUT2D eigenvalue weighted by Gasteiger charge is -2.27. The summed E-state index contributed by atoms with van der Waals surface area (Å²) < 4.78 is 9.24.